The molecule has 0 spiro atoms. The van der Waals surface area contributed by atoms with Crippen LogP contribution >= 0.6 is 22.9 Å². The van der Waals surface area contributed by atoms with Gasteiger partial charge in [-0.25, -0.2) is 33.4 Å². The molecule has 7 aromatic rings. The highest BCUT2D eigenvalue weighted by Gasteiger charge is 2.66. The van der Waals surface area contributed by atoms with Crippen LogP contribution in [0.2, 0.25) is 5.02 Å². The van der Waals surface area contributed by atoms with Gasteiger partial charge in [0.05, 0.1) is 60.7 Å². The highest BCUT2D eigenvalue weighted by atomic mass is 35.5. The first-order valence-electron chi connectivity index (χ1n) is 21.4. The fourth-order valence-corrected chi connectivity index (χ4v) is 11.7. The summed E-state index contributed by atoms with van der Waals surface area (Å²) in [5, 5.41) is 16.2. The molecular weight excluding hydrogens is 888 g/mol. The molecule has 2 amide bonds. The van der Waals surface area contributed by atoms with Crippen molar-refractivity contribution in [2.75, 3.05) is 32.3 Å². The Hall–Kier alpha value is -6.76. The van der Waals surface area contributed by atoms with E-state index in [0.29, 0.717) is 50.1 Å². The van der Waals surface area contributed by atoms with Crippen LogP contribution in [0.15, 0.2) is 86.7 Å². The summed E-state index contributed by atoms with van der Waals surface area (Å²) in [7, 11) is 6.30. The van der Waals surface area contributed by atoms with E-state index in [0.717, 1.165) is 25.1 Å². The maximum absolute atomic E-state index is 15.4. The van der Waals surface area contributed by atoms with Crippen molar-refractivity contribution in [3.63, 3.8) is 0 Å². The van der Waals surface area contributed by atoms with Crippen LogP contribution in [0, 0.1) is 18.3 Å². The van der Waals surface area contributed by atoms with E-state index in [4.69, 9.17) is 30.9 Å². The third-order valence-corrected chi connectivity index (χ3v) is 15.2. The van der Waals surface area contributed by atoms with Gasteiger partial charge in [0.15, 0.2) is 11.5 Å². The largest absolute Gasteiger partial charge is 0.493 e. The molecule has 6 heterocycles. The number of allylic oxidation sites excluding steroid dienone is 2. The Labute approximate surface area is 385 Å². The van der Waals surface area contributed by atoms with Gasteiger partial charge in [-0.15, -0.1) is 11.3 Å². The number of aromatic nitrogens is 7. The zero-order chi connectivity index (χ0) is 46.5. The molecule has 19 heteroatoms. The Bertz CT molecular complexity index is 3410. The molecule has 1 saturated heterocycles. The number of aryl methyl sites for hydroxylation is 4. The molecule has 2 fully saturated rings. The van der Waals surface area contributed by atoms with Crippen molar-refractivity contribution in [1.29, 1.82) is 0 Å². The molecule has 1 saturated carbocycles. The Morgan fingerprint density at radius 2 is 1.71 bits per heavy atom. The van der Waals surface area contributed by atoms with E-state index in [2.05, 4.69) is 4.98 Å². The molecule has 2 aliphatic heterocycles. The smallest absolute Gasteiger partial charge is 0.347 e. The molecule has 66 heavy (non-hydrogen) atoms. The monoisotopic (exact) mass is 932 g/mol. The molecule has 3 aromatic carbocycles. The van der Waals surface area contributed by atoms with E-state index in [1.165, 1.54) is 37.7 Å². The van der Waals surface area contributed by atoms with Gasteiger partial charge >= 0.3 is 11.4 Å². The van der Waals surface area contributed by atoms with Crippen LogP contribution in [-0.2, 0) is 43.2 Å². The van der Waals surface area contributed by atoms with E-state index in [-0.39, 0.29) is 50.7 Å². The second-order valence-electron chi connectivity index (χ2n) is 17.0. The first-order valence-corrected chi connectivity index (χ1v) is 22.6. The first-order chi connectivity index (χ1) is 31.7. The lowest BCUT2D eigenvalue weighted by molar-refractivity contribution is -0.129. The number of hydrogen-bond acceptors (Lipinski definition) is 12. The number of benzene rings is 3. The van der Waals surface area contributed by atoms with Gasteiger partial charge in [0.1, 0.15) is 29.6 Å². The number of amides is 2. The molecule has 0 radical (unpaired) electrons. The summed E-state index contributed by atoms with van der Waals surface area (Å²) in [6, 6.07) is 17.1. The van der Waals surface area contributed by atoms with Gasteiger partial charge in [-0.2, -0.15) is 5.10 Å². The van der Waals surface area contributed by atoms with Crippen molar-refractivity contribution >= 4 is 61.7 Å². The van der Waals surface area contributed by atoms with Crippen LogP contribution in [0.1, 0.15) is 42.1 Å². The molecule has 0 unspecified atom stereocenters. The Kier molecular flexibility index (Phi) is 10.5. The SMILES string of the molecule is COc1cc2nc(CCn3c(=O)n4n(c3=O)[C@@H]3C[C@H]5C(=O)N(c6cc(-c7sc8ccc(Cl)cc8c7C)nn6C)C(=O)[C@@]5(C)[C@@H](c5ccccc5OCCO)C3=CC4)c(=O)n(C)c2cc1OC. The number of nitrogens with zero attached hydrogens (tertiary/aromatic N) is 8. The number of aliphatic hydroxyl groups is 1. The van der Waals surface area contributed by atoms with Gasteiger partial charge in [0.2, 0.25) is 11.8 Å². The third kappa shape index (κ3) is 6.32. The molecule has 10 rings (SSSR count). The summed E-state index contributed by atoms with van der Waals surface area (Å²) >= 11 is 7.89. The van der Waals surface area contributed by atoms with Gasteiger partial charge in [0.25, 0.3) is 5.56 Å². The summed E-state index contributed by atoms with van der Waals surface area (Å²) in [6.45, 7) is 3.34. The standard InChI is InChI=1S/C47H45ClN8O9S/c1-24-28-19-25(48)11-12-38(28)66-41(24)32-22-39(52(4)50-32)55-42(58)29-20-33-26(40(47(29,2)44(55)60)27-9-7-8-10-35(27)65-18-17-57)13-16-54-45(61)53(46(62)56(33)54)15-14-30-43(59)51(3)34-23-37(64-6)36(63-5)21-31(34)49-30/h7-13,19,21-23,29,33,40,57H,14-18,20H2,1-6H3/t29-,33+,40+,47+/m0/s1. The van der Waals surface area contributed by atoms with E-state index in [1.807, 2.05) is 43.3 Å². The number of carbonyl (C=O) groups excluding carboxylic acids is 2. The van der Waals surface area contributed by atoms with Gasteiger partial charge < -0.3 is 23.9 Å². The number of thiophene rings is 1. The topological polar surface area (TPSA) is 187 Å². The number of rotatable bonds is 11. The Balaban J connectivity index is 1.05. The first kappa shape index (κ1) is 43.1. The van der Waals surface area contributed by atoms with Crippen molar-refractivity contribution in [2.24, 2.45) is 25.4 Å². The highest BCUT2D eigenvalue weighted by molar-refractivity contribution is 7.22. The fraction of sp³-hybridized carbons (Fsp3) is 0.340. The Morgan fingerprint density at radius 1 is 0.955 bits per heavy atom. The summed E-state index contributed by atoms with van der Waals surface area (Å²) < 4.78 is 24.8. The van der Waals surface area contributed by atoms with Crippen LogP contribution in [0.25, 0.3) is 31.7 Å². The average Bonchev–Trinajstić information content (AvgIpc) is 3.98. The minimum atomic E-state index is -1.39. The van der Waals surface area contributed by atoms with Crippen LogP contribution in [-0.4, -0.2) is 77.6 Å². The van der Waals surface area contributed by atoms with Gasteiger partial charge in [-0.05, 0) is 61.1 Å². The minimum absolute atomic E-state index is 0.00188. The maximum Gasteiger partial charge on any atom is 0.347 e. The van der Waals surface area contributed by atoms with Crippen molar-refractivity contribution in [3.05, 3.63) is 125 Å². The van der Waals surface area contributed by atoms with Crippen molar-refractivity contribution in [3.8, 4) is 27.8 Å². The number of methoxy groups -OCH3 is 2. The summed E-state index contributed by atoms with van der Waals surface area (Å²) in [5.74, 6) is -1.12. The second kappa shape index (κ2) is 16.0. The number of aliphatic hydroxyl groups excluding tert-OH is 1. The lowest BCUT2D eigenvalue weighted by Gasteiger charge is -2.47. The molecule has 17 nitrogen and oxygen atoms in total. The summed E-state index contributed by atoms with van der Waals surface area (Å²) in [4.78, 5) is 79.7. The van der Waals surface area contributed by atoms with Crippen molar-refractivity contribution in [2.45, 2.75) is 51.7 Å². The van der Waals surface area contributed by atoms with Gasteiger partial charge in [0, 0.05) is 66.5 Å². The van der Waals surface area contributed by atoms with Crippen LogP contribution in [0.4, 0.5) is 5.82 Å². The van der Waals surface area contributed by atoms with Gasteiger partial charge in [-0.3, -0.25) is 19.1 Å². The van der Waals surface area contributed by atoms with E-state index >= 15 is 9.59 Å². The number of anilines is 1. The number of hydrogen-bond donors (Lipinski definition) is 1. The number of carbonyl (C=O) groups is 2. The molecule has 1 N–H and O–H groups in total. The van der Waals surface area contributed by atoms with Crippen LogP contribution in [0.5, 0.6) is 17.2 Å². The molecule has 0 bridgehead atoms. The zero-order valence-electron chi connectivity index (χ0n) is 36.9. The van der Waals surface area contributed by atoms with E-state index < -0.39 is 52.0 Å². The fourth-order valence-electron chi connectivity index (χ4n) is 10.4. The van der Waals surface area contributed by atoms with Crippen molar-refractivity contribution < 1.29 is 28.9 Å². The van der Waals surface area contributed by atoms with Gasteiger partial charge in [-0.1, -0.05) is 35.9 Å². The van der Waals surface area contributed by atoms with Crippen LogP contribution < -0.4 is 36.0 Å². The lowest BCUT2D eigenvalue weighted by atomic mass is 9.56. The maximum atomic E-state index is 15.4. The Morgan fingerprint density at radius 3 is 2.47 bits per heavy atom. The lowest BCUT2D eigenvalue weighted by Crippen LogP contribution is -2.49. The predicted molar refractivity (Wildman–Crippen MR) is 248 cm³/mol. The molecule has 4 atom stereocenters. The molecule has 340 valence electrons. The summed E-state index contributed by atoms with van der Waals surface area (Å²) in [5.41, 5.74) is 0.944. The average molecular weight is 933 g/mol. The zero-order valence-corrected chi connectivity index (χ0v) is 38.5. The van der Waals surface area contributed by atoms with Crippen molar-refractivity contribution in [1.82, 2.24) is 33.3 Å². The molecule has 3 aliphatic rings. The third-order valence-electron chi connectivity index (χ3n) is 13.6. The highest BCUT2D eigenvalue weighted by Crippen LogP contribution is 2.62. The quantitative estimate of drug-likeness (QED) is 0.134. The number of para-hydroxylation sites is 1. The normalized spacial score (nSPS) is 20.2. The minimum Gasteiger partial charge on any atom is -0.493 e. The molecular formula is C47H45ClN8O9S. The van der Waals surface area contributed by atoms with Crippen LogP contribution in [0.3, 0.4) is 0 Å². The second-order valence-corrected chi connectivity index (χ2v) is 18.5. The number of halogens is 1. The number of ether oxygens (including phenoxy) is 3. The molecule has 4 aromatic heterocycles. The predicted octanol–water partition coefficient (Wildman–Crippen LogP) is 5.13. The number of fused-ring (bicyclic) bond motifs is 6. The number of imide groups is 1. The summed E-state index contributed by atoms with van der Waals surface area (Å²) in [6.07, 6.45) is 1.86. The molecule has 1 aliphatic carbocycles. The van der Waals surface area contributed by atoms with E-state index in [9.17, 15) is 19.5 Å². The van der Waals surface area contributed by atoms with E-state index in [1.54, 1.807) is 62.7 Å².